The molecular weight excluding hydrogens is 360 g/mol. The molecule has 0 aliphatic heterocycles. The van der Waals surface area contributed by atoms with Crippen LogP contribution in [0.1, 0.15) is 10.5 Å². The van der Waals surface area contributed by atoms with E-state index in [-0.39, 0.29) is 5.91 Å². The van der Waals surface area contributed by atoms with Gasteiger partial charge in [0.15, 0.2) is 0 Å². The van der Waals surface area contributed by atoms with Gasteiger partial charge in [-0.3, -0.25) is 24.4 Å². The molecule has 4 heterocycles. The lowest BCUT2D eigenvalue weighted by molar-refractivity contribution is 0.0947. The molecule has 8 heteroatoms. The Hall–Kier alpha value is -3.39. The third kappa shape index (κ3) is 3.75. The maximum Gasteiger partial charge on any atom is 0.269 e. The number of carbonyl (C=O) groups is 1. The Morgan fingerprint density at radius 3 is 2.78 bits per heavy atom. The van der Waals surface area contributed by atoms with Gasteiger partial charge in [0.2, 0.25) is 0 Å². The molecule has 0 saturated carbocycles. The summed E-state index contributed by atoms with van der Waals surface area (Å²) in [6.07, 6.45) is 8.43. The Kier molecular flexibility index (Phi) is 4.97. The molecule has 1 amide bonds. The van der Waals surface area contributed by atoms with E-state index in [0.717, 1.165) is 21.8 Å². The van der Waals surface area contributed by atoms with Crippen LogP contribution in [0.2, 0.25) is 0 Å². The molecule has 4 aromatic rings. The van der Waals surface area contributed by atoms with Crippen molar-refractivity contribution in [1.29, 1.82) is 0 Å². The first kappa shape index (κ1) is 17.0. The molecule has 27 heavy (non-hydrogen) atoms. The molecule has 0 radical (unpaired) electrons. The first-order valence-corrected chi connectivity index (χ1v) is 9.26. The van der Waals surface area contributed by atoms with Crippen LogP contribution in [-0.2, 0) is 6.54 Å². The van der Waals surface area contributed by atoms with E-state index >= 15 is 0 Å². The third-order valence-corrected chi connectivity index (χ3v) is 4.82. The number of amides is 1. The molecule has 7 nitrogen and oxygen atoms in total. The second-order valence-corrected chi connectivity index (χ2v) is 6.62. The Balaban J connectivity index is 1.55. The van der Waals surface area contributed by atoms with Crippen molar-refractivity contribution in [2.75, 3.05) is 6.54 Å². The summed E-state index contributed by atoms with van der Waals surface area (Å²) in [5.41, 5.74) is 3.06. The van der Waals surface area contributed by atoms with Crippen LogP contribution in [-0.4, -0.2) is 37.2 Å². The summed E-state index contributed by atoms with van der Waals surface area (Å²) < 4.78 is 1.88. The highest BCUT2D eigenvalue weighted by Gasteiger charge is 2.17. The summed E-state index contributed by atoms with van der Waals surface area (Å²) >= 11 is 1.63. The lowest BCUT2D eigenvalue weighted by Gasteiger charge is -2.09. The lowest BCUT2D eigenvalue weighted by atomic mass is 10.1. The molecule has 0 saturated heterocycles. The summed E-state index contributed by atoms with van der Waals surface area (Å²) in [4.78, 5) is 25.8. The van der Waals surface area contributed by atoms with Crippen molar-refractivity contribution in [3.63, 3.8) is 0 Å². The predicted octanol–water partition coefficient (Wildman–Crippen LogP) is 2.89. The number of aromatic nitrogens is 5. The van der Waals surface area contributed by atoms with Crippen LogP contribution in [0.25, 0.3) is 21.8 Å². The molecule has 134 valence electrons. The number of hydrogen-bond acceptors (Lipinski definition) is 6. The molecule has 0 atom stereocenters. The van der Waals surface area contributed by atoms with Crippen molar-refractivity contribution in [2.45, 2.75) is 6.54 Å². The minimum absolute atomic E-state index is 0.199. The fraction of sp³-hybridized carbons (Fsp3) is 0.105. The molecule has 4 aromatic heterocycles. The van der Waals surface area contributed by atoms with Crippen LogP contribution in [0.5, 0.6) is 0 Å². The van der Waals surface area contributed by atoms with Crippen LogP contribution in [0.15, 0.2) is 66.7 Å². The van der Waals surface area contributed by atoms with Gasteiger partial charge in [0, 0.05) is 30.7 Å². The standard InChI is InChI=1S/C19H16N6OS/c26-19(15-4-1-2-6-21-15)23-9-10-25-18(17-5-3-11-27-17)14(12-24-25)16-13-20-7-8-22-16/h1-8,11-13H,9-10H2,(H,23,26). The Morgan fingerprint density at radius 1 is 1.07 bits per heavy atom. The highest BCUT2D eigenvalue weighted by molar-refractivity contribution is 7.13. The van der Waals surface area contributed by atoms with Gasteiger partial charge in [0.1, 0.15) is 5.69 Å². The first-order chi connectivity index (χ1) is 13.3. The van der Waals surface area contributed by atoms with Gasteiger partial charge in [0.05, 0.1) is 35.2 Å². The van der Waals surface area contributed by atoms with E-state index in [0.29, 0.717) is 18.8 Å². The van der Waals surface area contributed by atoms with Crippen LogP contribution >= 0.6 is 11.3 Å². The second kappa shape index (κ2) is 7.88. The normalized spacial score (nSPS) is 10.7. The fourth-order valence-electron chi connectivity index (χ4n) is 2.72. The largest absolute Gasteiger partial charge is 0.349 e. The average Bonchev–Trinajstić information content (AvgIpc) is 3.39. The highest BCUT2D eigenvalue weighted by atomic mass is 32.1. The van der Waals surface area contributed by atoms with Gasteiger partial charge in [-0.2, -0.15) is 5.10 Å². The minimum Gasteiger partial charge on any atom is -0.349 e. The highest BCUT2D eigenvalue weighted by Crippen LogP contribution is 2.33. The summed E-state index contributed by atoms with van der Waals surface area (Å²) in [7, 11) is 0. The van der Waals surface area contributed by atoms with Gasteiger partial charge in [0.25, 0.3) is 5.91 Å². The van der Waals surface area contributed by atoms with Gasteiger partial charge in [-0.25, -0.2) is 0 Å². The molecule has 0 spiro atoms. The molecule has 0 bridgehead atoms. The lowest BCUT2D eigenvalue weighted by Crippen LogP contribution is -2.28. The van der Waals surface area contributed by atoms with Gasteiger partial charge in [-0.05, 0) is 23.6 Å². The summed E-state index contributed by atoms with van der Waals surface area (Å²) in [5.74, 6) is -0.199. The molecule has 0 aliphatic carbocycles. The molecule has 0 aliphatic rings. The van der Waals surface area contributed by atoms with E-state index in [2.05, 4.69) is 25.4 Å². The van der Waals surface area contributed by atoms with E-state index in [1.165, 1.54) is 0 Å². The second-order valence-electron chi connectivity index (χ2n) is 5.67. The molecule has 0 aromatic carbocycles. The number of carbonyl (C=O) groups excluding carboxylic acids is 1. The predicted molar refractivity (Wildman–Crippen MR) is 103 cm³/mol. The van der Waals surface area contributed by atoms with Crippen molar-refractivity contribution >= 4 is 17.2 Å². The monoisotopic (exact) mass is 376 g/mol. The maximum absolute atomic E-state index is 12.2. The van der Waals surface area contributed by atoms with Crippen molar-refractivity contribution < 1.29 is 4.79 Å². The molecule has 1 N–H and O–H groups in total. The number of nitrogens with one attached hydrogen (secondary N) is 1. The number of thiophene rings is 1. The smallest absolute Gasteiger partial charge is 0.269 e. The van der Waals surface area contributed by atoms with Gasteiger partial charge in [-0.15, -0.1) is 11.3 Å². The molecular formula is C19H16N6OS. The van der Waals surface area contributed by atoms with Crippen molar-refractivity contribution in [3.05, 3.63) is 72.4 Å². The van der Waals surface area contributed by atoms with Crippen molar-refractivity contribution in [1.82, 2.24) is 30.0 Å². The zero-order chi connectivity index (χ0) is 18.5. The quantitative estimate of drug-likeness (QED) is 0.559. The first-order valence-electron chi connectivity index (χ1n) is 8.38. The Labute approximate surface area is 159 Å². The molecule has 0 fully saturated rings. The van der Waals surface area contributed by atoms with E-state index in [9.17, 15) is 4.79 Å². The Morgan fingerprint density at radius 2 is 2.04 bits per heavy atom. The Bertz CT molecular complexity index is 1020. The summed E-state index contributed by atoms with van der Waals surface area (Å²) in [6.45, 7) is 0.974. The number of nitrogens with zero attached hydrogens (tertiary/aromatic N) is 5. The molecule has 4 rings (SSSR count). The zero-order valence-electron chi connectivity index (χ0n) is 14.3. The molecule has 0 unspecified atom stereocenters. The summed E-state index contributed by atoms with van der Waals surface area (Å²) in [5, 5.41) is 9.41. The summed E-state index contributed by atoms with van der Waals surface area (Å²) in [6, 6.07) is 9.30. The van der Waals surface area contributed by atoms with E-state index in [4.69, 9.17) is 0 Å². The van der Waals surface area contributed by atoms with Crippen LogP contribution in [0.3, 0.4) is 0 Å². The fourth-order valence-corrected chi connectivity index (χ4v) is 3.50. The van der Waals surface area contributed by atoms with Crippen LogP contribution in [0, 0.1) is 0 Å². The van der Waals surface area contributed by atoms with Gasteiger partial charge < -0.3 is 5.32 Å². The maximum atomic E-state index is 12.2. The van der Waals surface area contributed by atoms with Gasteiger partial charge in [-0.1, -0.05) is 12.1 Å². The topological polar surface area (TPSA) is 85.6 Å². The van der Waals surface area contributed by atoms with Crippen LogP contribution in [0.4, 0.5) is 0 Å². The zero-order valence-corrected chi connectivity index (χ0v) is 15.1. The van der Waals surface area contributed by atoms with Gasteiger partial charge >= 0.3 is 0 Å². The van der Waals surface area contributed by atoms with E-state index < -0.39 is 0 Å². The average molecular weight is 376 g/mol. The number of hydrogen-bond donors (Lipinski definition) is 1. The third-order valence-electron chi connectivity index (χ3n) is 3.94. The van der Waals surface area contributed by atoms with Crippen LogP contribution < -0.4 is 5.32 Å². The van der Waals surface area contributed by atoms with E-state index in [1.807, 2.05) is 22.2 Å². The van der Waals surface area contributed by atoms with E-state index in [1.54, 1.807) is 60.5 Å². The number of rotatable bonds is 6. The van der Waals surface area contributed by atoms with Crippen molar-refractivity contribution in [3.8, 4) is 21.8 Å². The minimum atomic E-state index is -0.199. The van der Waals surface area contributed by atoms with Crippen molar-refractivity contribution in [2.24, 2.45) is 0 Å². The number of pyridine rings is 1. The SMILES string of the molecule is O=C(NCCn1ncc(-c2cnccn2)c1-c1cccs1)c1ccccn1.